The summed E-state index contributed by atoms with van der Waals surface area (Å²) < 4.78 is 13.7. The molecule has 0 bridgehead atoms. The number of rotatable bonds is 3. The molecule has 0 saturated heterocycles. The number of hydrogen-bond acceptors (Lipinski definition) is 3. The maximum absolute atomic E-state index is 13.7. The summed E-state index contributed by atoms with van der Waals surface area (Å²) in [6, 6.07) is 11.9. The summed E-state index contributed by atoms with van der Waals surface area (Å²) in [6.07, 6.45) is 0. The second kappa shape index (κ2) is 5.58. The van der Waals surface area contributed by atoms with E-state index in [4.69, 9.17) is 11.0 Å². The van der Waals surface area contributed by atoms with Crippen molar-refractivity contribution in [2.75, 3.05) is 12.3 Å². The van der Waals surface area contributed by atoms with Gasteiger partial charge in [0.1, 0.15) is 5.82 Å². The van der Waals surface area contributed by atoms with Crippen molar-refractivity contribution < 1.29 is 9.18 Å². The molecule has 0 aromatic heterocycles. The van der Waals surface area contributed by atoms with E-state index < -0.39 is 5.82 Å². The standard InChI is InChI=1S/C18H14FN3O/c1-11(8-20)9-22-10-15-13(3-2-4-14(15)18(22)23)12-5-6-17(21)16(19)7-12/h2-7H,1,9-10,21H2. The van der Waals surface area contributed by atoms with Gasteiger partial charge in [-0.1, -0.05) is 24.8 Å². The second-order valence-electron chi connectivity index (χ2n) is 5.44. The van der Waals surface area contributed by atoms with E-state index in [9.17, 15) is 9.18 Å². The zero-order chi connectivity index (χ0) is 16.6. The van der Waals surface area contributed by atoms with E-state index >= 15 is 0 Å². The van der Waals surface area contributed by atoms with Crippen LogP contribution in [-0.4, -0.2) is 17.4 Å². The molecule has 1 heterocycles. The highest BCUT2D eigenvalue weighted by Crippen LogP contribution is 2.33. The Morgan fingerprint density at radius 2 is 2.09 bits per heavy atom. The van der Waals surface area contributed by atoms with Gasteiger partial charge in [0.2, 0.25) is 0 Å². The van der Waals surface area contributed by atoms with E-state index in [1.807, 2.05) is 12.1 Å². The van der Waals surface area contributed by atoms with Gasteiger partial charge in [0.25, 0.3) is 5.91 Å². The van der Waals surface area contributed by atoms with Crippen molar-refractivity contribution in [1.82, 2.24) is 4.90 Å². The zero-order valence-electron chi connectivity index (χ0n) is 12.3. The van der Waals surface area contributed by atoms with E-state index in [2.05, 4.69) is 6.58 Å². The first-order valence-corrected chi connectivity index (χ1v) is 7.05. The van der Waals surface area contributed by atoms with Crippen molar-refractivity contribution >= 4 is 11.6 Å². The average molecular weight is 307 g/mol. The number of nitrogen functional groups attached to an aromatic ring is 1. The van der Waals surface area contributed by atoms with Crippen molar-refractivity contribution in [1.29, 1.82) is 5.26 Å². The van der Waals surface area contributed by atoms with Crippen LogP contribution in [0, 0.1) is 17.1 Å². The SMILES string of the molecule is C=C(C#N)CN1Cc2c(cccc2-c2ccc(N)c(F)c2)C1=O. The fourth-order valence-corrected chi connectivity index (χ4v) is 2.75. The number of nitrogens with two attached hydrogens (primary N) is 1. The summed E-state index contributed by atoms with van der Waals surface area (Å²) in [7, 11) is 0. The molecular weight excluding hydrogens is 293 g/mol. The molecule has 2 N–H and O–H groups in total. The highest BCUT2D eigenvalue weighted by molar-refractivity contribution is 6.00. The van der Waals surface area contributed by atoms with Crippen LogP contribution in [0.2, 0.25) is 0 Å². The third-order valence-corrected chi connectivity index (χ3v) is 3.89. The molecule has 4 nitrogen and oxygen atoms in total. The lowest BCUT2D eigenvalue weighted by Gasteiger charge is -2.14. The molecule has 3 rings (SSSR count). The molecule has 0 fully saturated rings. The molecule has 0 saturated carbocycles. The largest absolute Gasteiger partial charge is 0.396 e. The molecule has 0 aliphatic carbocycles. The minimum atomic E-state index is -0.487. The Morgan fingerprint density at radius 1 is 1.35 bits per heavy atom. The Bertz CT molecular complexity index is 867. The number of carbonyl (C=O) groups excluding carboxylic acids is 1. The number of nitrogens with zero attached hydrogens (tertiary/aromatic N) is 2. The van der Waals surface area contributed by atoms with Gasteiger partial charge in [0.15, 0.2) is 0 Å². The molecule has 0 radical (unpaired) electrons. The summed E-state index contributed by atoms with van der Waals surface area (Å²) in [5, 5.41) is 8.85. The van der Waals surface area contributed by atoms with Gasteiger partial charge < -0.3 is 10.6 Å². The van der Waals surface area contributed by atoms with Crippen LogP contribution in [0.1, 0.15) is 15.9 Å². The zero-order valence-corrected chi connectivity index (χ0v) is 12.3. The Morgan fingerprint density at radius 3 is 2.78 bits per heavy atom. The first kappa shape index (κ1) is 14.8. The number of benzene rings is 2. The molecule has 2 aromatic rings. The number of anilines is 1. The highest BCUT2D eigenvalue weighted by atomic mass is 19.1. The molecule has 1 aliphatic rings. The van der Waals surface area contributed by atoms with Gasteiger partial charge in [-0.3, -0.25) is 4.79 Å². The van der Waals surface area contributed by atoms with Crippen LogP contribution in [-0.2, 0) is 6.54 Å². The molecule has 0 spiro atoms. The molecule has 1 amide bonds. The highest BCUT2D eigenvalue weighted by Gasteiger charge is 2.29. The van der Waals surface area contributed by atoms with Crippen LogP contribution in [0.5, 0.6) is 0 Å². The molecule has 2 aromatic carbocycles. The first-order valence-electron chi connectivity index (χ1n) is 7.05. The Kier molecular flexibility index (Phi) is 3.59. The first-order chi connectivity index (χ1) is 11.0. The summed E-state index contributed by atoms with van der Waals surface area (Å²) in [6.45, 7) is 4.18. The van der Waals surface area contributed by atoms with Gasteiger partial charge in [-0.15, -0.1) is 0 Å². The topological polar surface area (TPSA) is 70.1 Å². The Balaban J connectivity index is 2.02. The summed E-state index contributed by atoms with van der Waals surface area (Å²) in [4.78, 5) is 14.0. The normalized spacial score (nSPS) is 12.9. The second-order valence-corrected chi connectivity index (χ2v) is 5.44. The number of nitriles is 1. The van der Waals surface area contributed by atoms with Crippen molar-refractivity contribution in [3.05, 3.63) is 65.5 Å². The summed E-state index contributed by atoms with van der Waals surface area (Å²) in [5.41, 5.74) is 8.79. The van der Waals surface area contributed by atoms with Gasteiger partial charge in [-0.25, -0.2) is 4.39 Å². The van der Waals surface area contributed by atoms with E-state index in [0.717, 1.165) is 11.1 Å². The van der Waals surface area contributed by atoms with Gasteiger partial charge in [0.05, 0.1) is 18.3 Å². The van der Waals surface area contributed by atoms with E-state index in [1.54, 1.807) is 23.1 Å². The number of halogens is 1. The lowest BCUT2D eigenvalue weighted by Crippen LogP contribution is -2.25. The third-order valence-electron chi connectivity index (χ3n) is 3.89. The minimum Gasteiger partial charge on any atom is -0.396 e. The molecule has 5 heteroatoms. The van der Waals surface area contributed by atoms with Crippen molar-refractivity contribution in [2.45, 2.75) is 6.54 Å². The molecule has 1 aliphatic heterocycles. The average Bonchev–Trinajstić information content (AvgIpc) is 2.86. The Labute approximate surface area is 133 Å². The smallest absolute Gasteiger partial charge is 0.254 e. The maximum Gasteiger partial charge on any atom is 0.254 e. The molecule has 0 atom stereocenters. The van der Waals surface area contributed by atoms with E-state index in [0.29, 0.717) is 23.2 Å². The predicted octanol–water partition coefficient (Wildman–Crippen LogP) is 3.11. The number of hydrogen-bond donors (Lipinski definition) is 1. The number of amides is 1. The van der Waals surface area contributed by atoms with Gasteiger partial charge in [0, 0.05) is 17.7 Å². The van der Waals surface area contributed by atoms with Crippen molar-refractivity contribution in [2.24, 2.45) is 0 Å². The number of fused-ring (bicyclic) bond motifs is 1. The molecule has 23 heavy (non-hydrogen) atoms. The summed E-state index contributed by atoms with van der Waals surface area (Å²) in [5.74, 6) is -0.631. The van der Waals surface area contributed by atoms with Crippen LogP contribution >= 0.6 is 0 Å². The van der Waals surface area contributed by atoms with Crippen LogP contribution in [0.25, 0.3) is 11.1 Å². The maximum atomic E-state index is 13.7. The van der Waals surface area contributed by atoms with Crippen LogP contribution in [0.15, 0.2) is 48.6 Å². The lowest BCUT2D eigenvalue weighted by molar-refractivity contribution is 0.0794. The molecular formula is C18H14FN3O. The predicted molar refractivity (Wildman–Crippen MR) is 85.7 cm³/mol. The monoisotopic (exact) mass is 307 g/mol. The van der Waals surface area contributed by atoms with E-state index in [-0.39, 0.29) is 18.1 Å². The summed E-state index contributed by atoms with van der Waals surface area (Å²) >= 11 is 0. The van der Waals surface area contributed by atoms with E-state index in [1.165, 1.54) is 12.1 Å². The van der Waals surface area contributed by atoms with Gasteiger partial charge in [-0.2, -0.15) is 5.26 Å². The fraction of sp³-hybridized carbons (Fsp3) is 0.111. The molecule has 114 valence electrons. The Hall–Kier alpha value is -3.13. The fourth-order valence-electron chi connectivity index (χ4n) is 2.75. The van der Waals surface area contributed by atoms with Crippen LogP contribution in [0.3, 0.4) is 0 Å². The minimum absolute atomic E-state index is 0.0874. The van der Waals surface area contributed by atoms with Crippen molar-refractivity contribution in [3.8, 4) is 17.2 Å². The lowest BCUT2D eigenvalue weighted by atomic mass is 9.97. The third kappa shape index (κ3) is 2.55. The molecule has 0 unspecified atom stereocenters. The quantitative estimate of drug-likeness (QED) is 0.699. The van der Waals surface area contributed by atoms with Crippen LogP contribution in [0.4, 0.5) is 10.1 Å². The van der Waals surface area contributed by atoms with Gasteiger partial charge in [-0.05, 0) is 34.9 Å². The van der Waals surface area contributed by atoms with Crippen molar-refractivity contribution in [3.63, 3.8) is 0 Å². The number of carbonyl (C=O) groups is 1. The van der Waals surface area contributed by atoms with Crippen LogP contribution < -0.4 is 5.73 Å². The van der Waals surface area contributed by atoms with Gasteiger partial charge >= 0.3 is 0 Å².